The van der Waals surface area contributed by atoms with Gasteiger partial charge in [-0.05, 0) is 57.5 Å². The van der Waals surface area contributed by atoms with E-state index in [9.17, 15) is 4.79 Å². The average Bonchev–Trinajstić information content (AvgIpc) is 2.53. The highest BCUT2D eigenvalue weighted by atomic mass is 16.5. The van der Waals surface area contributed by atoms with Gasteiger partial charge in [-0.25, -0.2) is 0 Å². The number of likely N-dealkylation sites (tertiary alicyclic amines) is 1. The first-order valence-corrected chi connectivity index (χ1v) is 8.43. The standard InChI is InChI=1S/C17H30N2O2/c1-21-13-5-10-18-17(20)16-8-11-19(12-9-16)14-15-6-3-2-4-7-15/h2-3,15-16H,4-14H2,1H3,(H,18,20). The van der Waals surface area contributed by atoms with Crippen LogP contribution in [0.15, 0.2) is 12.2 Å². The molecule has 1 unspecified atom stereocenters. The molecule has 1 aliphatic heterocycles. The molecule has 2 rings (SSSR count). The van der Waals surface area contributed by atoms with Gasteiger partial charge in [0.25, 0.3) is 0 Å². The molecule has 1 aliphatic carbocycles. The minimum absolute atomic E-state index is 0.218. The molecule has 0 spiro atoms. The maximum Gasteiger partial charge on any atom is 0.223 e. The molecule has 21 heavy (non-hydrogen) atoms. The largest absolute Gasteiger partial charge is 0.385 e. The molecule has 1 N–H and O–H groups in total. The predicted octanol–water partition coefficient (Wildman–Crippen LogP) is 2.21. The summed E-state index contributed by atoms with van der Waals surface area (Å²) in [5.41, 5.74) is 0. The topological polar surface area (TPSA) is 41.6 Å². The molecule has 1 fully saturated rings. The monoisotopic (exact) mass is 294 g/mol. The molecular weight excluding hydrogens is 264 g/mol. The van der Waals surface area contributed by atoms with E-state index < -0.39 is 0 Å². The van der Waals surface area contributed by atoms with Crippen molar-refractivity contribution in [2.45, 2.75) is 38.5 Å². The molecule has 0 radical (unpaired) electrons. The fourth-order valence-corrected chi connectivity index (χ4v) is 3.34. The Morgan fingerprint density at radius 2 is 2.10 bits per heavy atom. The van der Waals surface area contributed by atoms with Crippen LogP contribution < -0.4 is 5.32 Å². The van der Waals surface area contributed by atoms with E-state index in [0.29, 0.717) is 6.61 Å². The molecule has 1 atom stereocenters. The number of ether oxygens (including phenoxy) is 1. The Kier molecular flexibility index (Phi) is 7.24. The lowest BCUT2D eigenvalue weighted by Gasteiger charge is -2.34. The molecule has 0 aromatic rings. The van der Waals surface area contributed by atoms with Gasteiger partial charge in [-0.1, -0.05) is 12.2 Å². The van der Waals surface area contributed by atoms with Crippen molar-refractivity contribution in [3.63, 3.8) is 0 Å². The molecule has 120 valence electrons. The second-order valence-electron chi connectivity index (χ2n) is 6.36. The highest BCUT2D eigenvalue weighted by Crippen LogP contribution is 2.23. The Labute approximate surface area is 128 Å². The first kappa shape index (κ1) is 16.5. The summed E-state index contributed by atoms with van der Waals surface area (Å²) in [7, 11) is 1.69. The van der Waals surface area contributed by atoms with Crippen LogP contribution in [0.4, 0.5) is 0 Å². The molecule has 2 aliphatic rings. The maximum absolute atomic E-state index is 12.1. The Morgan fingerprint density at radius 1 is 1.29 bits per heavy atom. The summed E-state index contributed by atoms with van der Waals surface area (Å²) in [5.74, 6) is 1.29. The summed E-state index contributed by atoms with van der Waals surface area (Å²) in [4.78, 5) is 14.6. The summed E-state index contributed by atoms with van der Waals surface area (Å²) >= 11 is 0. The lowest BCUT2D eigenvalue weighted by molar-refractivity contribution is -0.126. The van der Waals surface area contributed by atoms with Crippen LogP contribution in [-0.2, 0) is 9.53 Å². The predicted molar refractivity (Wildman–Crippen MR) is 85.1 cm³/mol. The quantitative estimate of drug-likeness (QED) is 0.578. The molecule has 1 amide bonds. The van der Waals surface area contributed by atoms with Crippen molar-refractivity contribution in [3.05, 3.63) is 12.2 Å². The summed E-state index contributed by atoms with van der Waals surface area (Å²) < 4.78 is 4.99. The molecular formula is C17H30N2O2. The van der Waals surface area contributed by atoms with Crippen molar-refractivity contribution in [3.8, 4) is 0 Å². The second kappa shape index (κ2) is 9.21. The summed E-state index contributed by atoms with van der Waals surface area (Å²) in [5, 5.41) is 3.04. The third-order valence-electron chi connectivity index (χ3n) is 4.68. The molecule has 0 aromatic carbocycles. The van der Waals surface area contributed by atoms with E-state index in [2.05, 4.69) is 22.4 Å². The molecule has 4 nitrogen and oxygen atoms in total. The van der Waals surface area contributed by atoms with Gasteiger partial charge in [-0.2, -0.15) is 0 Å². The minimum atomic E-state index is 0.218. The van der Waals surface area contributed by atoms with Gasteiger partial charge in [0.15, 0.2) is 0 Å². The number of piperidine rings is 1. The van der Waals surface area contributed by atoms with Crippen LogP contribution >= 0.6 is 0 Å². The number of carbonyl (C=O) groups excluding carboxylic acids is 1. The lowest BCUT2D eigenvalue weighted by Crippen LogP contribution is -2.42. The normalized spacial score (nSPS) is 24.1. The minimum Gasteiger partial charge on any atom is -0.385 e. The molecule has 0 saturated carbocycles. The number of methoxy groups -OCH3 is 1. The third-order valence-corrected chi connectivity index (χ3v) is 4.68. The van der Waals surface area contributed by atoms with E-state index in [1.54, 1.807) is 7.11 Å². The lowest BCUT2D eigenvalue weighted by atomic mass is 9.91. The van der Waals surface area contributed by atoms with E-state index in [4.69, 9.17) is 4.74 Å². The highest BCUT2D eigenvalue weighted by Gasteiger charge is 2.25. The van der Waals surface area contributed by atoms with Crippen molar-refractivity contribution < 1.29 is 9.53 Å². The van der Waals surface area contributed by atoms with E-state index in [0.717, 1.165) is 44.8 Å². The van der Waals surface area contributed by atoms with E-state index in [1.165, 1.54) is 25.8 Å². The number of hydrogen-bond donors (Lipinski definition) is 1. The van der Waals surface area contributed by atoms with Gasteiger partial charge in [0, 0.05) is 32.7 Å². The zero-order chi connectivity index (χ0) is 14.9. The third kappa shape index (κ3) is 5.79. The van der Waals surface area contributed by atoms with E-state index in [1.807, 2.05) is 0 Å². The Morgan fingerprint density at radius 3 is 2.76 bits per heavy atom. The van der Waals surface area contributed by atoms with E-state index in [-0.39, 0.29) is 11.8 Å². The first-order chi connectivity index (χ1) is 10.3. The zero-order valence-corrected chi connectivity index (χ0v) is 13.4. The van der Waals surface area contributed by atoms with E-state index >= 15 is 0 Å². The van der Waals surface area contributed by atoms with Gasteiger partial charge in [-0.3, -0.25) is 4.79 Å². The number of carbonyl (C=O) groups is 1. The SMILES string of the molecule is COCCCNC(=O)C1CCN(CC2CC=CCC2)CC1. The highest BCUT2D eigenvalue weighted by molar-refractivity contribution is 5.78. The molecule has 0 bridgehead atoms. The van der Waals surface area contributed by atoms with Crippen LogP contribution in [0.3, 0.4) is 0 Å². The summed E-state index contributed by atoms with van der Waals surface area (Å²) in [6.07, 6.45) is 11.4. The zero-order valence-electron chi connectivity index (χ0n) is 13.4. The number of hydrogen-bond acceptors (Lipinski definition) is 3. The van der Waals surface area contributed by atoms with Crippen LogP contribution in [0.5, 0.6) is 0 Å². The van der Waals surface area contributed by atoms with Gasteiger partial charge in [0.2, 0.25) is 5.91 Å². The summed E-state index contributed by atoms with van der Waals surface area (Å²) in [6, 6.07) is 0. The number of amides is 1. The Hall–Kier alpha value is -0.870. The fourth-order valence-electron chi connectivity index (χ4n) is 3.34. The maximum atomic E-state index is 12.1. The van der Waals surface area contributed by atoms with Crippen LogP contribution in [-0.4, -0.2) is 50.7 Å². The van der Waals surface area contributed by atoms with Crippen molar-refractivity contribution in [1.29, 1.82) is 0 Å². The van der Waals surface area contributed by atoms with Gasteiger partial charge in [0.05, 0.1) is 0 Å². The van der Waals surface area contributed by atoms with Crippen molar-refractivity contribution >= 4 is 5.91 Å². The molecule has 1 heterocycles. The number of rotatable bonds is 7. The molecule has 0 aromatic heterocycles. The first-order valence-electron chi connectivity index (χ1n) is 8.43. The molecule has 4 heteroatoms. The number of nitrogens with one attached hydrogen (secondary N) is 1. The Balaban J connectivity index is 1.61. The van der Waals surface area contributed by atoms with Crippen LogP contribution in [0.25, 0.3) is 0 Å². The smallest absolute Gasteiger partial charge is 0.223 e. The van der Waals surface area contributed by atoms with Crippen molar-refractivity contribution in [1.82, 2.24) is 10.2 Å². The number of allylic oxidation sites excluding steroid dienone is 2. The van der Waals surface area contributed by atoms with Crippen LogP contribution in [0.1, 0.15) is 38.5 Å². The van der Waals surface area contributed by atoms with Crippen LogP contribution in [0, 0.1) is 11.8 Å². The Bertz CT molecular complexity index is 336. The molecule has 1 saturated heterocycles. The average molecular weight is 294 g/mol. The second-order valence-corrected chi connectivity index (χ2v) is 6.36. The van der Waals surface area contributed by atoms with Crippen molar-refractivity contribution in [2.24, 2.45) is 11.8 Å². The van der Waals surface area contributed by atoms with Gasteiger partial charge < -0.3 is 15.0 Å². The summed E-state index contributed by atoms with van der Waals surface area (Å²) in [6.45, 7) is 4.83. The van der Waals surface area contributed by atoms with Gasteiger partial charge in [-0.15, -0.1) is 0 Å². The van der Waals surface area contributed by atoms with Gasteiger partial charge in [0.1, 0.15) is 0 Å². The van der Waals surface area contributed by atoms with Crippen molar-refractivity contribution in [2.75, 3.05) is 39.9 Å². The van der Waals surface area contributed by atoms with Crippen LogP contribution in [0.2, 0.25) is 0 Å². The fraction of sp³-hybridized carbons (Fsp3) is 0.824. The van der Waals surface area contributed by atoms with Gasteiger partial charge >= 0.3 is 0 Å². The number of nitrogens with zero attached hydrogens (tertiary/aromatic N) is 1.